The summed E-state index contributed by atoms with van der Waals surface area (Å²) >= 11 is 0. The van der Waals surface area contributed by atoms with Crippen molar-refractivity contribution < 1.29 is 19.4 Å². The molecule has 0 radical (unpaired) electrons. The summed E-state index contributed by atoms with van der Waals surface area (Å²) in [5.74, 6) is 1.02. The van der Waals surface area contributed by atoms with E-state index in [0.29, 0.717) is 17.7 Å². The summed E-state index contributed by atoms with van der Waals surface area (Å²) in [7, 11) is 3.15. The van der Waals surface area contributed by atoms with Crippen molar-refractivity contribution in [1.29, 1.82) is 0 Å². The molecule has 0 aliphatic carbocycles. The van der Waals surface area contributed by atoms with E-state index in [-0.39, 0.29) is 17.1 Å². The lowest BCUT2D eigenvalue weighted by atomic mass is 10.0. The number of ether oxygens (including phenoxy) is 2. The van der Waals surface area contributed by atoms with Crippen LogP contribution in [0, 0.1) is 0 Å². The second-order valence-electron chi connectivity index (χ2n) is 6.10. The number of aromatic hydroxyl groups is 1. The fourth-order valence-corrected chi connectivity index (χ4v) is 2.49. The Hall–Kier alpha value is -3.01. The summed E-state index contributed by atoms with van der Waals surface area (Å²) in [5.41, 5.74) is 2.87. The Bertz CT molecular complexity index is 826. The van der Waals surface area contributed by atoms with Gasteiger partial charge in [0.2, 0.25) is 0 Å². The van der Waals surface area contributed by atoms with E-state index in [1.165, 1.54) is 6.08 Å². The van der Waals surface area contributed by atoms with Crippen LogP contribution < -0.4 is 9.47 Å². The number of hydrogen-bond donors (Lipinski definition) is 1. The Morgan fingerprint density at radius 3 is 2.31 bits per heavy atom. The monoisotopic (exact) mass is 352 g/mol. The number of methoxy groups -OCH3 is 2. The molecule has 0 heterocycles. The van der Waals surface area contributed by atoms with E-state index in [1.807, 2.05) is 44.2 Å². The minimum atomic E-state index is -0.264. The largest absolute Gasteiger partial charge is 0.507 e. The first-order valence-electron chi connectivity index (χ1n) is 8.35. The van der Waals surface area contributed by atoms with E-state index in [4.69, 9.17) is 9.47 Å². The third-order valence-electron chi connectivity index (χ3n) is 3.98. The van der Waals surface area contributed by atoms with Crippen LogP contribution >= 0.6 is 0 Å². The van der Waals surface area contributed by atoms with Crippen LogP contribution in [0.4, 0.5) is 0 Å². The number of allylic oxidation sites excluding steroid dienone is 3. The molecule has 1 N–H and O–H groups in total. The van der Waals surface area contributed by atoms with Crippen LogP contribution in [0.15, 0.2) is 54.1 Å². The van der Waals surface area contributed by atoms with Gasteiger partial charge in [0, 0.05) is 5.56 Å². The maximum atomic E-state index is 12.5. The molecule has 0 aliphatic heterocycles. The standard InChI is InChI=1S/C22H24O4/c1-15(2)5-11-19-21(26-4)14-12-18(22(19)24)20(23)13-8-16-6-9-17(25-3)10-7-16/h5-10,12-14,24H,11H2,1-4H3/b13-8+. The van der Waals surface area contributed by atoms with Crippen molar-refractivity contribution >= 4 is 11.9 Å². The Morgan fingerprint density at radius 1 is 1.04 bits per heavy atom. The Balaban J connectivity index is 2.28. The number of phenols is 1. The van der Waals surface area contributed by atoms with E-state index >= 15 is 0 Å². The normalized spacial score (nSPS) is 10.6. The highest BCUT2D eigenvalue weighted by Gasteiger charge is 2.16. The van der Waals surface area contributed by atoms with Crippen molar-refractivity contribution in [2.24, 2.45) is 0 Å². The van der Waals surface area contributed by atoms with E-state index in [2.05, 4.69) is 0 Å². The van der Waals surface area contributed by atoms with Gasteiger partial charge in [0.25, 0.3) is 0 Å². The van der Waals surface area contributed by atoms with Crippen molar-refractivity contribution in [3.8, 4) is 17.2 Å². The molecule has 136 valence electrons. The summed E-state index contributed by atoms with van der Waals surface area (Å²) in [6.45, 7) is 3.96. The fourth-order valence-electron chi connectivity index (χ4n) is 2.49. The lowest BCUT2D eigenvalue weighted by Crippen LogP contribution is -2.00. The average molecular weight is 352 g/mol. The zero-order valence-electron chi connectivity index (χ0n) is 15.6. The maximum Gasteiger partial charge on any atom is 0.189 e. The predicted molar refractivity (Wildman–Crippen MR) is 104 cm³/mol. The number of carbonyl (C=O) groups excluding carboxylic acids is 1. The molecule has 0 unspecified atom stereocenters. The van der Waals surface area contributed by atoms with Crippen LogP contribution in [0.2, 0.25) is 0 Å². The van der Waals surface area contributed by atoms with Crippen LogP contribution in [0.3, 0.4) is 0 Å². The zero-order chi connectivity index (χ0) is 19.1. The minimum Gasteiger partial charge on any atom is -0.507 e. The summed E-state index contributed by atoms with van der Waals surface area (Å²) in [6.07, 6.45) is 5.65. The molecule has 4 nitrogen and oxygen atoms in total. The lowest BCUT2D eigenvalue weighted by molar-refractivity contribution is 0.104. The van der Waals surface area contributed by atoms with Crippen LogP contribution in [0.1, 0.15) is 35.3 Å². The van der Waals surface area contributed by atoms with Crippen LogP contribution in [-0.2, 0) is 6.42 Å². The van der Waals surface area contributed by atoms with Crippen molar-refractivity contribution in [1.82, 2.24) is 0 Å². The number of hydrogen-bond acceptors (Lipinski definition) is 4. The molecule has 0 amide bonds. The van der Waals surface area contributed by atoms with Crippen molar-refractivity contribution in [3.05, 3.63) is 70.8 Å². The molecule has 0 aliphatic rings. The smallest absolute Gasteiger partial charge is 0.189 e. The van der Waals surface area contributed by atoms with Gasteiger partial charge in [0.1, 0.15) is 17.2 Å². The van der Waals surface area contributed by atoms with Gasteiger partial charge in [0.05, 0.1) is 19.8 Å². The highest BCUT2D eigenvalue weighted by atomic mass is 16.5. The van der Waals surface area contributed by atoms with E-state index in [0.717, 1.165) is 16.9 Å². The number of benzene rings is 2. The Kier molecular flexibility index (Phi) is 6.61. The fraction of sp³-hybridized carbons (Fsp3) is 0.227. The van der Waals surface area contributed by atoms with E-state index in [9.17, 15) is 9.90 Å². The average Bonchev–Trinajstić information content (AvgIpc) is 2.65. The molecule has 0 fully saturated rings. The molecule has 0 spiro atoms. The van der Waals surface area contributed by atoms with Gasteiger partial charge in [-0.05, 0) is 56.2 Å². The molecule has 2 aromatic carbocycles. The molecule has 2 aromatic rings. The predicted octanol–water partition coefficient (Wildman–Crippen LogP) is 4.81. The molecule has 4 heteroatoms. The number of carbonyl (C=O) groups is 1. The molecule has 26 heavy (non-hydrogen) atoms. The summed E-state index contributed by atoms with van der Waals surface area (Å²) in [5, 5.41) is 10.6. The Morgan fingerprint density at radius 2 is 1.73 bits per heavy atom. The number of rotatable bonds is 7. The van der Waals surface area contributed by atoms with Crippen molar-refractivity contribution in [2.45, 2.75) is 20.3 Å². The lowest BCUT2D eigenvalue weighted by Gasteiger charge is -2.12. The van der Waals surface area contributed by atoms with E-state index < -0.39 is 0 Å². The van der Waals surface area contributed by atoms with Gasteiger partial charge in [0.15, 0.2) is 5.78 Å². The van der Waals surface area contributed by atoms with Gasteiger partial charge in [-0.15, -0.1) is 0 Å². The minimum absolute atomic E-state index is 0.0359. The van der Waals surface area contributed by atoms with Crippen molar-refractivity contribution in [3.63, 3.8) is 0 Å². The van der Waals surface area contributed by atoms with Crippen LogP contribution in [0.5, 0.6) is 17.2 Å². The van der Waals surface area contributed by atoms with Crippen LogP contribution in [0.25, 0.3) is 6.08 Å². The van der Waals surface area contributed by atoms with Gasteiger partial charge in [-0.3, -0.25) is 4.79 Å². The summed E-state index contributed by atoms with van der Waals surface area (Å²) < 4.78 is 10.4. The third kappa shape index (κ3) is 4.76. The van der Waals surface area contributed by atoms with E-state index in [1.54, 1.807) is 32.4 Å². The number of ketones is 1. The van der Waals surface area contributed by atoms with Crippen molar-refractivity contribution in [2.75, 3.05) is 14.2 Å². The molecule has 2 rings (SSSR count). The SMILES string of the molecule is COc1ccc(/C=C/C(=O)c2ccc(OC)c(CC=C(C)C)c2O)cc1. The Labute approximate surface area is 154 Å². The highest BCUT2D eigenvalue weighted by molar-refractivity contribution is 6.09. The molecular formula is C22H24O4. The summed E-state index contributed by atoms with van der Waals surface area (Å²) in [6, 6.07) is 10.7. The second kappa shape index (κ2) is 8.90. The highest BCUT2D eigenvalue weighted by Crippen LogP contribution is 2.32. The van der Waals surface area contributed by atoms with Gasteiger partial charge in [-0.25, -0.2) is 0 Å². The molecule has 0 saturated carbocycles. The molecular weight excluding hydrogens is 328 g/mol. The topological polar surface area (TPSA) is 55.8 Å². The first-order valence-corrected chi connectivity index (χ1v) is 8.35. The second-order valence-corrected chi connectivity index (χ2v) is 6.10. The zero-order valence-corrected chi connectivity index (χ0v) is 15.6. The van der Waals surface area contributed by atoms with Gasteiger partial charge in [-0.2, -0.15) is 0 Å². The first kappa shape index (κ1) is 19.3. The van der Waals surface area contributed by atoms with Gasteiger partial charge < -0.3 is 14.6 Å². The first-order chi connectivity index (χ1) is 12.5. The third-order valence-corrected chi connectivity index (χ3v) is 3.98. The number of phenolic OH excluding ortho intramolecular Hbond substituents is 1. The molecule has 0 atom stereocenters. The molecule has 0 bridgehead atoms. The van der Waals surface area contributed by atoms with Gasteiger partial charge in [-0.1, -0.05) is 29.9 Å². The molecule has 0 aromatic heterocycles. The maximum absolute atomic E-state index is 12.5. The van der Waals surface area contributed by atoms with Crippen LogP contribution in [-0.4, -0.2) is 25.1 Å². The quantitative estimate of drug-likeness (QED) is 0.441. The van der Waals surface area contributed by atoms with Gasteiger partial charge >= 0.3 is 0 Å². The molecule has 0 saturated heterocycles. The summed E-state index contributed by atoms with van der Waals surface area (Å²) in [4.78, 5) is 12.5.